The molecule has 2 fully saturated rings. The van der Waals surface area contributed by atoms with Gasteiger partial charge in [0.1, 0.15) is 5.82 Å². The van der Waals surface area contributed by atoms with Gasteiger partial charge in [-0.15, -0.1) is 10.2 Å². The van der Waals surface area contributed by atoms with E-state index in [0.29, 0.717) is 35.8 Å². The molecule has 2 saturated heterocycles. The van der Waals surface area contributed by atoms with E-state index in [0.717, 1.165) is 38.5 Å². The molecular formula is C19H25ClN6O3S. The molecule has 0 spiro atoms. The van der Waals surface area contributed by atoms with Crippen molar-refractivity contribution in [3.05, 3.63) is 23.4 Å². The molecule has 0 aliphatic carbocycles. The number of hydrogen-bond donors (Lipinski definition) is 1. The van der Waals surface area contributed by atoms with E-state index in [4.69, 9.17) is 21.1 Å². The molecule has 2 aliphatic heterocycles. The van der Waals surface area contributed by atoms with Gasteiger partial charge in [0.2, 0.25) is 11.9 Å². The van der Waals surface area contributed by atoms with Gasteiger partial charge in [-0.25, -0.2) is 4.98 Å². The van der Waals surface area contributed by atoms with E-state index in [1.807, 2.05) is 6.92 Å². The number of thioether (sulfide) groups is 1. The number of carbonyl (C=O) groups excluding carboxylic acids is 1. The van der Waals surface area contributed by atoms with Crippen LogP contribution in [-0.2, 0) is 20.8 Å². The van der Waals surface area contributed by atoms with E-state index in [9.17, 15) is 4.79 Å². The maximum Gasteiger partial charge on any atom is 0.238 e. The number of carbonyl (C=O) groups is 1. The lowest BCUT2D eigenvalue weighted by atomic mass is 10.2. The van der Waals surface area contributed by atoms with Crippen LogP contribution in [0.3, 0.4) is 0 Å². The summed E-state index contributed by atoms with van der Waals surface area (Å²) in [6.07, 6.45) is 3.72. The molecular weight excluding hydrogens is 428 g/mol. The van der Waals surface area contributed by atoms with E-state index in [1.54, 1.807) is 12.1 Å². The molecule has 0 saturated carbocycles. The molecule has 0 radical (unpaired) electrons. The van der Waals surface area contributed by atoms with Crippen LogP contribution in [0.15, 0.2) is 23.5 Å². The Morgan fingerprint density at radius 2 is 2.17 bits per heavy atom. The summed E-state index contributed by atoms with van der Waals surface area (Å²) in [7, 11) is 0. The second-order valence-electron chi connectivity index (χ2n) is 7.24. The zero-order valence-corrected chi connectivity index (χ0v) is 18.4. The smallest absolute Gasteiger partial charge is 0.238 e. The Kier molecular flexibility index (Phi) is 7.08. The van der Waals surface area contributed by atoms with Gasteiger partial charge in [-0.05, 0) is 31.9 Å². The summed E-state index contributed by atoms with van der Waals surface area (Å²) in [6.45, 7) is 6.18. The van der Waals surface area contributed by atoms with Gasteiger partial charge in [0.15, 0.2) is 5.16 Å². The summed E-state index contributed by atoms with van der Waals surface area (Å²) in [6, 6.07) is 3.36. The molecule has 0 bridgehead atoms. The molecule has 2 unspecified atom stereocenters. The van der Waals surface area contributed by atoms with Crippen LogP contribution in [0.25, 0.3) is 0 Å². The number of nitrogens with one attached hydrogen (secondary N) is 1. The molecule has 9 nitrogen and oxygen atoms in total. The lowest BCUT2D eigenvalue weighted by Gasteiger charge is -2.28. The minimum Gasteiger partial charge on any atom is -0.378 e. The van der Waals surface area contributed by atoms with E-state index in [1.165, 1.54) is 18.0 Å². The van der Waals surface area contributed by atoms with Crippen molar-refractivity contribution in [2.75, 3.05) is 43.1 Å². The van der Waals surface area contributed by atoms with Crippen LogP contribution in [-0.4, -0.2) is 69.9 Å². The monoisotopic (exact) mass is 452 g/mol. The standard InChI is InChI=1S/C19H25ClN6O3S/c1-13(17(27)22-16-5-4-14(20)11-21-16)30-19-24-23-18(25-6-9-28-10-7-25)26(19)12-15-3-2-8-29-15/h4-5,11,13,15H,2-3,6-10,12H2,1H3,(H,21,22,27). The van der Waals surface area contributed by atoms with Crippen LogP contribution in [0.4, 0.5) is 11.8 Å². The highest BCUT2D eigenvalue weighted by Crippen LogP contribution is 2.28. The van der Waals surface area contributed by atoms with Gasteiger partial charge in [0.25, 0.3) is 0 Å². The zero-order chi connectivity index (χ0) is 20.9. The highest BCUT2D eigenvalue weighted by molar-refractivity contribution is 8.00. The van der Waals surface area contributed by atoms with E-state index in [-0.39, 0.29) is 17.3 Å². The number of morpholine rings is 1. The first-order valence-corrected chi connectivity index (χ1v) is 11.3. The third kappa shape index (κ3) is 5.23. The molecule has 1 amide bonds. The van der Waals surface area contributed by atoms with Crippen LogP contribution in [0.1, 0.15) is 19.8 Å². The number of nitrogens with zero attached hydrogens (tertiary/aromatic N) is 5. The molecule has 4 heterocycles. The van der Waals surface area contributed by atoms with Crippen molar-refractivity contribution in [3.63, 3.8) is 0 Å². The van der Waals surface area contributed by atoms with Gasteiger partial charge in [-0.3, -0.25) is 9.36 Å². The third-order valence-electron chi connectivity index (χ3n) is 5.03. The van der Waals surface area contributed by atoms with E-state index >= 15 is 0 Å². The quantitative estimate of drug-likeness (QED) is 0.640. The topological polar surface area (TPSA) is 94.4 Å². The molecule has 2 aromatic heterocycles. The molecule has 1 N–H and O–H groups in total. The molecule has 4 rings (SSSR count). The van der Waals surface area contributed by atoms with Crippen molar-refractivity contribution in [3.8, 4) is 0 Å². The largest absolute Gasteiger partial charge is 0.378 e. The molecule has 0 aromatic carbocycles. The first-order valence-electron chi connectivity index (χ1n) is 10.1. The highest BCUT2D eigenvalue weighted by Gasteiger charge is 2.27. The highest BCUT2D eigenvalue weighted by atomic mass is 35.5. The Morgan fingerprint density at radius 1 is 1.33 bits per heavy atom. The van der Waals surface area contributed by atoms with Gasteiger partial charge in [0, 0.05) is 25.9 Å². The molecule has 30 heavy (non-hydrogen) atoms. The van der Waals surface area contributed by atoms with Gasteiger partial charge >= 0.3 is 0 Å². The Morgan fingerprint density at radius 3 is 2.87 bits per heavy atom. The number of halogens is 1. The summed E-state index contributed by atoms with van der Waals surface area (Å²) < 4.78 is 13.4. The molecule has 2 atom stereocenters. The normalized spacial score (nSPS) is 20.3. The summed E-state index contributed by atoms with van der Waals surface area (Å²) in [5, 5.41) is 12.5. The summed E-state index contributed by atoms with van der Waals surface area (Å²) in [4.78, 5) is 18.9. The molecule has 162 valence electrons. The van der Waals surface area contributed by atoms with Gasteiger partial charge < -0.3 is 19.7 Å². The van der Waals surface area contributed by atoms with Crippen LogP contribution >= 0.6 is 23.4 Å². The first kappa shape index (κ1) is 21.4. The molecule has 2 aliphatic rings. The average molecular weight is 453 g/mol. The molecule has 2 aromatic rings. The van der Waals surface area contributed by atoms with Crippen molar-refractivity contribution >= 4 is 41.0 Å². The summed E-state index contributed by atoms with van der Waals surface area (Å²) in [5.41, 5.74) is 0. The fourth-order valence-electron chi connectivity index (χ4n) is 3.41. The Bertz CT molecular complexity index is 852. The fraction of sp³-hybridized carbons (Fsp3) is 0.579. The lowest BCUT2D eigenvalue weighted by molar-refractivity contribution is -0.115. The number of rotatable bonds is 7. The minimum absolute atomic E-state index is 0.141. The summed E-state index contributed by atoms with van der Waals surface area (Å²) in [5.74, 6) is 1.12. The fourth-order valence-corrected chi connectivity index (χ4v) is 4.37. The third-order valence-corrected chi connectivity index (χ3v) is 6.34. The van der Waals surface area contributed by atoms with Gasteiger partial charge in [0.05, 0.1) is 36.1 Å². The van der Waals surface area contributed by atoms with Crippen LogP contribution in [0, 0.1) is 0 Å². The van der Waals surface area contributed by atoms with E-state index in [2.05, 4.69) is 30.0 Å². The minimum atomic E-state index is -0.382. The Hall–Kier alpha value is -1.88. The van der Waals surface area contributed by atoms with E-state index < -0.39 is 0 Å². The van der Waals surface area contributed by atoms with Crippen LogP contribution < -0.4 is 10.2 Å². The second kappa shape index (κ2) is 9.95. The lowest BCUT2D eigenvalue weighted by Crippen LogP contribution is -2.38. The number of amides is 1. The van der Waals surface area contributed by atoms with Crippen LogP contribution in [0.5, 0.6) is 0 Å². The number of anilines is 2. The number of aromatic nitrogens is 4. The number of ether oxygens (including phenoxy) is 2. The maximum atomic E-state index is 12.7. The average Bonchev–Trinajstić information content (AvgIpc) is 3.41. The second-order valence-corrected chi connectivity index (χ2v) is 8.98. The van der Waals surface area contributed by atoms with Crippen LogP contribution in [0.2, 0.25) is 5.02 Å². The summed E-state index contributed by atoms with van der Waals surface area (Å²) >= 11 is 7.23. The van der Waals surface area contributed by atoms with Crippen molar-refractivity contribution in [1.29, 1.82) is 0 Å². The van der Waals surface area contributed by atoms with Crippen molar-refractivity contribution in [1.82, 2.24) is 19.7 Å². The van der Waals surface area contributed by atoms with Crippen molar-refractivity contribution in [2.24, 2.45) is 0 Å². The zero-order valence-electron chi connectivity index (χ0n) is 16.8. The SMILES string of the molecule is CC(Sc1nnc(N2CCOCC2)n1CC1CCCO1)C(=O)Nc1ccc(Cl)cn1. The van der Waals surface area contributed by atoms with Gasteiger partial charge in [-0.1, -0.05) is 23.4 Å². The first-order chi connectivity index (χ1) is 14.6. The predicted octanol–water partition coefficient (Wildman–Crippen LogP) is 2.46. The Labute approximate surface area is 184 Å². The number of pyridine rings is 1. The van der Waals surface area contributed by atoms with Crippen molar-refractivity contribution < 1.29 is 14.3 Å². The van der Waals surface area contributed by atoms with Crippen molar-refractivity contribution in [2.45, 2.75) is 42.8 Å². The predicted molar refractivity (Wildman–Crippen MR) is 115 cm³/mol. The maximum absolute atomic E-state index is 12.7. The van der Waals surface area contributed by atoms with Gasteiger partial charge in [-0.2, -0.15) is 0 Å². The molecule has 11 heteroatoms. The number of hydrogen-bond acceptors (Lipinski definition) is 8. The Balaban J connectivity index is 1.48.